The number of hydrogen-bond donors (Lipinski definition) is 1. The lowest BCUT2D eigenvalue weighted by Crippen LogP contribution is -2.42. The van der Waals surface area contributed by atoms with Gasteiger partial charge in [0, 0.05) is 41.5 Å². The molecule has 0 spiro atoms. The fourth-order valence-corrected chi connectivity index (χ4v) is 1.88. The summed E-state index contributed by atoms with van der Waals surface area (Å²) in [6.07, 6.45) is 2.45. The fourth-order valence-electron chi connectivity index (χ4n) is 1.09. The van der Waals surface area contributed by atoms with Gasteiger partial charge in [-0.2, -0.15) is 0 Å². The normalized spacial score (nSPS) is 39.0. The minimum atomic E-state index is 0.415. The Hall–Kier alpha value is 0.650. The summed E-state index contributed by atoms with van der Waals surface area (Å²) < 4.78 is 2.30. The molecule has 2 nitrogen and oxygen atoms in total. The van der Waals surface area contributed by atoms with Gasteiger partial charge in [-0.25, -0.2) is 3.11 Å². The molecule has 0 saturated carbocycles. The van der Waals surface area contributed by atoms with Crippen LogP contribution in [0.4, 0.5) is 0 Å². The van der Waals surface area contributed by atoms with Gasteiger partial charge in [0.05, 0.1) is 0 Å². The third-order valence-corrected chi connectivity index (χ3v) is 3.19. The number of hydrogen-bond acceptors (Lipinski definition) is 2. The van der Waals surface area contributed by atoms with Crippen molar-refractivity contribution >= 4 is 22.9 Å². The molecule has 2 N–H and O–H groups in total. The zero-order valence-electron chi connectivity index (χ0n) is 5.68. The number of rotatable bonds is 0. The number of nitrogens with zero attached hydrogens (tertiary/aromatic N) is 1. The maximum atomic E-state index is 5.74. The molecule has 0 aromatic heterocycles. The Kier molecular flexibility index (Phi) is 2.73. The summed E-state index contributed by atoms with van der Waals surface area (Å²) in [5.74, 6) is 0. The standard InChI is InChI=1S/C6H13IN2/c1-5-2-3-6(8)4-9(5)7/h5-6H,2-4,8H2,1H3/t5-,6+/m1/s1. The van der Waals surface area contributed by atoms with Crippen molar-refractivity contribution in [1.29, 1.82) is 0 Å². The summed E-state index contributed by atoms with van der Waals surface area (Å²) in [7, 11) is 0. The second-order valence-electron chi connectivity index (χ2n) is 2.77. The van der Waals surface area contributed by atoms with Crippen LogP contribution in [0.5, 0.6) is 0 Å². The topological polar surface area (TPSA) is 29.3 Å². The molecule has 54 valence electrons. The lowest BCUT2D eigenvalue weighted by Gasteiger charge is -2.31. The molecule has 1 saturated heterocycles. The summed E-state index contributed by atoms with van der Waals surface area (Å²) >= 11 is 2.35. The Morgan fingerprint density at radius 3 is 2.67 bits per heavy atom. The molecule has 1 aliphatic rings. The molecule has 2 atom stereocenters. The average Bonchev–Trinajstić information content (AvgIpc) is 1.80. The van der Waals surface area contributed by atoms with Crippen LogP contribution >= 0.6 is 22.9 Å². The Balaban J connectivity index is 2.35. The van der Waals surface area contributed by atoms with Crippen LogP contribution in [0, 0.1) is 0 Å². The summed E-state index contributed by atoms with van der Waals surface area (Å²) in [5, 5.41) is 0. The Morgan fingerprint density at radius 2 is 2.22 bits per heavy atom. The third-order valence-electron chi connectivity index (χ3n) is 1.84. The predicted molar refractivity (Wildman–Crippen MR) is 47.4 cm³/mol. The second kappa shape index (κ2) is 3.16. The van der Waals surface area contributed by atoms with E-state index in [2.05, 4.69) is 32.9 Å². The molecule has 0 aliphatic carbocycles. The summed E-state index contributed by atoms with van der Waals surface area (Å²) in [5.41, 5.74) is 5.74. The van der Waals surface area contributed by atoms with E-state index in [4.69, 9.17) is 5.73 Å². The van der Waals surface area contributed by atoms with E-state index in [1.54, 1.807) is 0 Å². The van der Waals surface area contributed by atoms with Crippen molar-refractivity contribution in [3.63, 3.8) is 0 Å². The first-order valence-electron chi connectivity index (χ1n) is 3.38. The minimum Gasteiger partial charge on any atom is -0.327 e. The van der Waals surface area contributed by atoms with Crippen LogP contribution in [0.2, 0.25) is 0 Å². The lowest BCUT2D eigenvalue weighted by atomic mass is 10.0. The molecular formula is C6H13IN2. The zero-order valence-corrected chi connectivity index (χ0v) is 7.84. The van der Waals surface area contributed by atoms with Gasteiger partial charge >= 0.3 is 0 Å². The number of halogens is 1. The highest BCUT2D eigenvalue weighted by molar-refractivity contribution is 14.1. The van der Waals surface area contributed by atoms with Crippen LogP contribution in [0.15, 0.2) is 0 Å². The minimum absolute atomic E-state index is 0.415. The number of nitrogens with two attached hydrogens (primary N) is 1. The van der Waals surface area contributed by atoms with E-state index in [0.717, 1.165) is 12.6 Å². The van der Waals surface area contributed by atoms with E-state index in [9.17, 15) is 0 Å². The molecule has 3 heteroatoms. The van der Waals surface area contributed by atoms with Crippen LogP contribution in [-0.2, 0) is 0 Å². The van der Waals surface area contributed by atoms with E-state index in [1.165, 1.54) is 12.8 Å². The Labute approximate surface area is 70.3 Å². The quantitative estimate of drug-likeness (QED) is 0.508. The Bertz CT molecular complexity index is 97.1. The van der Waals surface area contributed by atoms with Crippen molar-refractivity contribution in [3.05, 3.63) is 0 Å². The van der Waals surface area contributed by atoms with Gasteiger partial charge < -0.3 is 5.73 Å². The Morgan fingerprint density at radius 1 is 1.56 bits per heavy atom. The molecule has 0 amide bonds. The molecular weight excluding hydrogens is 227 g/mol. The van der Waals surface area contributed by atoms with Crippen LogP contribution in [-0.4, -0.2) is 21.7 Å². The van der Waals surface area contributed by atoms with Gasteiger partial charge in [0.25, 0.3) is 0 Å². The van der Waals surface area contributed by atoms with Crippen molar-refractivity contribution in [2.75, 3.05) is 6.54 Å². The molecule has 1 aliphatic heterocycles. The van der Waals surface area contributed by atoms with E-state index < -0.39 is 0 Å². The van der Waals surface area contributed by atoms with Gasteiger partial charge in [-0.05, 0) is 19.8 Å². The van der Waals surface area contributed by atoms with Crippen LogP contribution in [0.3, 0.4) is 0 Å². The molecule has 0 aromatic carbocycles. The smallest absolute Gasteiger partial charge is 0.0236 e. The van der Waals surface area contributed by atoms with Crippen molar-refractivity contribution in [2.45, 2.75) is 31.8 Å². The maximum Gasteiger partial charge on any atom is 0.0236 e. The van der Waals surface area contributed by atoms with E-state index in [0.29, 0.717) is 6.04 Å². The first kappa shape index (κ1) is 7.75. The van der Waals surface area contributed by atoms with Crippen molar-refractivity contribution in [3.8, 4) is 0 Å². The van der Waals surface area contributed by atoms with Crippen molar-refractivity contribution < 1.29 is 0 Å². The highest BCUT2D eigenvalue weighted by Gasteiger charge is 2.20. The highest BCUT2D eigenvalue weighted by atomic mass is 127. The highest BCUT2D eigenvalue weighted by Crippen LogP contribution is 2.18. The second-order valence-corrected chi connectivity index (χ2v) is 4.01. The molecule has 1 heterocycles. The van der Waals surface area contributed by atoms with Gasteiger partial charge in [-0.3, -0.25) is 0 Å². The first-order valence-corrected chi connectivity index (χ1v) is 4.34. The predicted octanol–water partition coefficient (Wildman–Crippen LogP) is 1.15. The van der Waals surface area contributed by atoms with E-state index in [-0.39, 0.29) is 0 Å². The molecule has 1 fully saturated rings. The van der Waals surface area contributed by atoms with Crippen molar-refractivity contribution in [1.82, 2.24) is 3.11 Å². The molecule has 0 radical (unpaired) electrons. The van der Waals surface area contributed by atoms with Gasteiger partial charge in [0.1, 0.15) is 0 Å². The summed E-state index contributed by atoms with van der Waals surface area (Å²) in [4.78, 5) is 0. The summed E-state index contributed by atoms with van der Waals surface area (Å²) in [6.45, 7) is 3.31. The van der Waals surface area contributed by atoms with Gasteiger partial charge in [0.2, 0.25) is 0 Å². The van der Waals surface area contributed by atoms with Crippen LogP contribution in [0.25, 0.3) is 0 Å². The van der Waals surface area contributed by atoms with Gasteiger partial charge in [-0.15, -0.1) is 0 Å². The SMILES string of the molecule is C[C@@H]1CC[C@H](N)CN1I. The third kappa shape index (κ3) is 2.05. The van der Waals surface area contributed by atoms with E-state index >= 15 is 0 Å². The van der Waals surface area contributed by atoms with Crippen LogP contribution < -0.4 is 5.73 Å². The first-order chi connectivity index (χ1) is 4.20. The number of piperidine rings is 1. The van der Waals surface area contributed by atoms with Gasteiger partial charge in [-0.1, -0.05) is 0 Å². The molecule has 9 heavy (non-hydrogen) atoms. The zero-order chi connectivity index (χ0) is 6.85. The fraction of sp³-hybridized carbons (Fsp3) is 1.00. The van der Waals surface area contributed by atoms with Gasteiger partial charge in [0.15, 0.2) is 0 Å². The monoisotopic (exact) mass is 240 g/mol. The molecule has 0 unspecified atom stereocenters. The van der Waals surface area contributed by atoms with Crippen LogP contribution in [0.1, 0.15) is 19.8 Å². The molecule has 1 rings (SSSR count). The van der Waals surface area contributed by atoms with E-state index in [1.807, 2.05) is 0 Å². The largest absolute Gasteiger partial charge is 0.327 e. The average molecular weight is 240 g/mol. The molecule has 0 aromatic rings. The molecule has 0 bridgehead atoms. The lowest BCUT2D eigenvalue weighted by molar-refractivity contribution is 0.288. The maximum absolute atomic E-state index is 5.74. The van der Waals surface area contributed by atoms with Crippen molar-refractivity contribution in [2.24, 2.45) is 5.73 Å². The summed E-state index contributed by atoms with van der Waals surface area (Å²) in [6, 6.07) is 1.14.